The first-order valence-corrected chi connectivity index (χ1v) is 3.58. The predicted molar refractivity (Wildman–Crippen MR) is 40.5 cm³/mol. The van der Waals surface area contributed by atoms with E-state index in [4.69, 9.17) is 16.0 Å². The summed E-state index contributed by atoms with van der Waals surface area (Å²) in [6.45, 7) is 2.04. The maximum Gasteiger partial charge on any atom is 0.260 e. The Hall–Kier alpha value is -1.10. The number of nitrogens with zero attached hydrogens (tertiary/aromatic N) is 2. The monoisotopic (exact) mass is 156 g/mol. The van der Waals surface area contributed by atoms with Gasteiger partial charge in [-0.3, -0.25) is 0 Å². The molecule has 1 heterocycles. The Bertz CT molecular complexity index is 222. The second kappa shape index (κ2) is 3.34. The zero-order valence-corrected chi connectivity index (χ0v) is 6.45. The van der Waals surface area contributed by atoms with E-state index >= 15 is 0 Å². The van der Waals surface area contributed by atoms with Crippen LogP contribution < -0.4 is 11.5 Å². The normalized spacial score (nSPS) is 13.3. The van der Waals surface area contributed by atoms with E-state index in [1.54, 1.807) is 0 Å². The molecule has 0 amide bonds. The summed E-state index contributed by atoms with van der Waals surface area (Å²) in [7, 11) is 0. The minimum absolute atomic E-state index is 0.145. The first-order valence-electron chi connectivity index (χ1n) is 3.58. The first-order chi connectivity index (χ1) is 5.24. The van der Waals surface area contributed by atoms with Crippen molar-refractivity contribution in [2.75, 3.05) is 5.73 Å². The summed E-state index contributed by atoms with van der Waals surface area (Å²) in [4.78, 5) is 3.80. The Morgan fingerprint density at radius 2 is 2.36 bits per heavy atom. The highest BCUT2D eigenvalue weighted by molar-refractivity contribution is 5.11. The van der Waals surface area contributed by atoms with Gasteiger partial charge >= 0.3 is 0 Å². The molecule has 0 aliphatic carbocycles. The second-order valence-corrected chi connectivity index (χ2v) is 2.39. The SMILES string of the molecule is CCC[C@H](N)c1nc(N)no1. The van der Waals surface area contributed by atoms with Crippen LogP contribution in [-0.4, -0.2) is 10.1 Å². The molecule has 1 atom stereocenters. The Kier molecular flexibility index (Phi) is 2.43. The van der Waals surface area contributed by atoms with Gasteiger partial charge in [0.25, 0.3) is 5.95 Å². The summed E-state index contributed by atoms with van der Waals surface area (Å²) in [6, 6.07) is -0.176. The first kappa shape index (κ1) is 8.00. The molecule has 0 radical (unpaired) electrons. The Morgan fingerprint density at radius 1 is 1.64 bits per heavy atom. The Balaban J connectivity index is 2.60. The van der Waals surface area contributed by atoms with Gasteiger partial charge < -0.3 is 16.0 Å². The van der Waals surface area contributed by atoms with Gasteiger partial charge in [-0.1, -0.05) is 13.3 Å². The molecule has 11 heavy (non-hydrogen) atoms. The van der Waals surface area contributed by atoms with Crippen molar-refractivity contribution in [3.63, 3.8) is 0 Å². The molecule has 0 spiro atoms. The van der Waals surface area contributed by atoms with E-state index in [1.165, 1.54) is 0 Å². The lowest BCUT2D eigenvalue weighted by Crippen LogP contribution is -2.10. The molecule has 0 aliphatic heterocycles. The number of hydrogen-bond acceptors (Lipinski definition) is 5. The zero-order valence-electron chi connectivity index (χ0n) is 6.45. The Morgan fingerprint density at radius 3 is 2.82 bits per heavy atom. The largest absolute Gasteiger partial charge is 0.365 e. The van der Waals surface area contributed by atoms with E-state index in [0.717, 1.165) is 12.8 Å². The average Bonchev–Trinajstić information content (AvgIpc) is 2.36. The summed E-state index contributed by atoms with van der Waals surface area (Å²) < 4.78 is 4.77. The van der Waals surface area contributed by atoms with E-state index < -0.39 is 0 Å². The molecule has 4 N–H and O–H groups in total. The molecule has 0 bridgehead atoms. The van der Waals surface area contributed by atoms with E-state index in [9.17, 15) is 0 Å². The maximum atomic E-state index is 5.67. The average molecular weight is 156 g/mol. The third-order valence-electron chi connectivity index (χ3n) is 1.37. The maximum absolute atomic E-state index is 5.67. The third kappa shape index (κ3) is 1.91. The molecule has 0 unspecified atom stereocenters. The summed E-state index contributed by atoms with van der Waals surface area (Å²) in [5.41, 5.74) is 10.9. The molecule has 1 rings (SSSR count). The van der Waals surface area contributed by atoms with Crippen LogP contribution >= 0.6 is 0 Å². The molecule has 0 fully saturated rings. The highest BCUT2D eigenvalue weighted by Crippen LogP contribution is 2.13. The number of anilines is 1. The fourth-order valence-corrected chi connectivity index (χ4v) is 0.832. The third-order valence-corrected chi connectivity index (χ3v) is 1.37. The zero-order chi connectivity index (χ0) is 8.27. The van der Waals surface area contributed by atoms with Gasteiger partial charge in [-0.05, 0) is 11.6 Å². The van der Waals surface area contributed by atoms with Crippen molar-refractivity contribution >= 4 is 5.95 Å². The quantitative estimate of drug-likeness (QED) is 0.663. The summed E-state index contributed by atoms with van der Waals surface area (Å²) >= 11 is 0. The van der Waals surface area contributed by atoms with Crippen molar-refractivity contribution in [2.24, 2.45) is 5.73 Å². The number of aromatic nitrogens is 2. The van der Waals surface area contributed by atoms with Gasteiger partial charge in [0, 0.05) is 0 Å². The summed E-state index contributed by atoms with van der Waals surface area (Å²) in [5.74, 6) is 0.566. The number of hydrogen-bond donors (Lipinski definition) is 2. The molecule has 1 aromatic heterocycles. The van der Waals surface area contributed by atoms with Crippen molar-refractivity contribution in [3.05, 3.63) is 5.89 Å². The molecule has 1 aromatic rings. The fraction of sp³-hybridized carbons (Fsp3) is 0.667. The molecule has 62 valence electrons. The molecular formula is C6H12N4O. The topological polar surface area (TPSA) is 91.0 Å². The highest BCUT2D eigenvalue weighted by atomic mass is 16.5. The standard InChI is InChI=1S/C6H12N4O/c1-2-3-4(7)5-9-6(8)10-11-5/h4H,2-3,7H2,1H3,(H2,8,10)/t4-/m0/s1. The van der Waals surface area contributed by atoms with Crippen LogP contribution in [0.3, 0.4) is 0 Å². The number of rotatable bonds is 3. The lowest BCUT2D eigenvalue weighted by molar-refractivity contribution is 0.348. The van der Waals surface area contributed by atoms with E-state index in [2.05, 4.69) is 10.1 Å². The van der Waals surface area contributed by atoms with Gasteiger partial charge in [-0.2, -0.15) is 4.98 Å². The smallest absolute Gasteiger partial charge is 0.260 e. The van der Waals surface area contributed by atoms with Crippen LogP contribution in [0.4, 0.5) is 5.95 Å². The van der Waals surface area contributed by atoms with Crippen LogP contribution in [0.1, 0.15) is 31.7 Å². The van der Waals surface area contributed by atoms with Crippen molar-refractivity contribution < 1.29 is 4.52 Å². The van der Waals surface area contributed by atoms with Crippen molar-refractivity contribution in [2.45, 2.75) is 25.8 Å². The van der Waals surface area contributed by atoms with Crippen molar-refractivity contribution in [1.29, 1.82) is 0 Å². The van der Waals surface area contributed by atoms with Crippen LogP contribution in [0, 0.1) is 0 Å². The lowest BCUT2D eigenvalue weighted by atomic mass is 10.2. The number of nitrogen functional groups attached to an aromatic ring is 1. The lowest BCUT2D eigenvalue weighted by Gasteiger charge is -2.01. The molecule has 0 aromatic carbocycles. The molecule has 5 nitrogen and oxygen atoms in total. The Labute approximate surface area is 64.8 Å². The van der Waals surface area contributed by atoms with E-state index in [0.29, 0.717) is 5.89 Å². The van der Waals surface area contributed by atoms with Crippen LogP contribution in [-0.2, 0) is 0 Å². The van der Waals surface area contributed by atoms with E-state index in [-0.39, 0.29) is 12.0 Å². The van der Waals surface area contributed by atoms with E-state index in [1.807, 2.05) is 6.92 Å². The summed E-state index contributed by atoms with van der Waals surface area (Å²) in [5, 5.41) is 3.43. The van der Waals surface area contributed by atoms with Gasteiger partial charge in [0.1, 0.15) is 0 Å². The molecule has 0 aliphatic rings. The number of nitrogens with two attached hydrogens (primary N) is 2. The van der Waals surface area contributed by atoms with Gasteiger partial charge in [-0.25, -0.2) is 0 Å². The fourth-order valence-electron chi connectivity index (χ4n) is 0.832. The molecule has 0 saturated heterocycles. The molecular weight excluding hydrogens is 144 g/mol. The second-order valence-electron chi connectivity index (χ2n) is 2.39. The predicted octanol–water partition coefficient (Wildman–Crippen LogP) is 0.452. The molecule has 5 heteroatoms. The van der Waals surface area contributed by atoms with Crippen LogP contribution in [0.2, 0.25) is 0 Å². The highest BCUT2D eigenvalue weighted by Gasteiger charge is 2.11. The van der Waals surface area contributed by atoms with Gasteiger partial charge in [0.05, 0.1) is 6.04 Å². The van der Waals surface area contributed by atoms with Gasteiger partial charge in [0.2, 0.25) is 5.89 Å². The summed E-state index contributed by atoms with van der Waals surface area (Å²) in [6.07, 6.45) is 1.82. The van der Waals surface area contributed by atoms with Crippen molar-refractivity contribution in [3.8, 4) is 0 Å². The van der Waals surface area contributed by atoms with Crippen LogP contribution in [0.25, 0.3) is 0 Å². The minimum atomic E-state index is -0.176. The van der Waals surface area contributed by atoms with Crippen LogP contribution in [0.5, 0.6) is 0 Å². The van der Waals surface area contributed by atoms with Crippen LogP contribution in [0.15, 0.2) is 4.52 Å². The molecule has 0 saturated carbocycles. The van der Waals surface area contributed by atoms with Crippen molar-refractivity contribution in [1.82, 2.24) is 10.1 Å². The minimum Gasteiger partial charge on any atom is -0.365 e. The van der Waals surface area contributed by atoms with Gasteiger partial charge in [0.15, 0.2) is 0 Å². The van der Waals surface area contributed by atoms with Gasteiger partial charge in [-0.15, -0.1) is 0 Å².